The average molecular weight is 276 g/mol. The maximum Gasteiger partial charge on any atom is 0.211 e. The highest BCUT2D eigenvalue weighted by molar-refractivity contribution is 7.88. The van der Waals surface area contributed by atoms with Crippen LogP contribution in [-0.4, -0.2) is 38.6 Å². The van der Waals surface area contributed by atoms with Crippen LogP contribution in [0, 0.1) is 11.3 Å². The first kappa shape index (κ1) is 15.9. The number of piperidine rings is 1. The first-order chi connectivity index (χ1) is 8.30. The number of nitrogens with zero attached hydrogens (tertiary/aromatic N) is 1. The molecule has 1 aliphatic heterocycles. The van der Waals surface area contributed by atoms with E-state index in [-0.39, 0.29) is 5.41 Å². The number of sulfonamides is 1. The van der Waals surface area contributed by atoms with Crippen molar-refractivity contribution in [2.45, 2.75) is 46.0 Å². The van der Waals surface area contributed by atoms with Crippen molar-refractivity contribution in [1.29, 1.82) is 0 Å². The summed E-state index contributed by atoms with van der Waals surface area (Å²) < 4.78 is 24.8. The first-order valence-corrected chi connectivity index (χ1v) is 8.81. The highest BCUT2D eigenvalue weighted by atomic mass is 32.2. The predicted molar refractivity (Wildman–Crippen MR) is 75.8 cm³/mol. The minimum Gasteiger partial charge on any atom is -0.330 e. The molecule has 1 heterocycles. The summed E-state index contributed by atoms with van der Waals surface area (Å²) in [7, 11) is -3.03. The molecule has 0 aromatic carbocycles. The molecule has 2 atom stereocenters. The van der Waals surface area contributed by atoms with Crippen LogP contribution in [0.3, 0.4) is 0 Å². The summed E-state index contributed by atoms with van der Waals surface area (Å²) in [6, 6.07) is 0. The third-order valence-corrected chi connectivity index (χ3v) is 5.35. The zero-order valence-corrected chi connectivity index (χ0v) is 12.8. The van der Waals surface area contributed by atoms with Gasteiger partial charge in [-0.3, -0.25) is 0 Å². The van der Waals surface area contributed by atoms with E-state index >= 15 is 0 Å². The molecule has 1 rings (SSSR count). The van der Waals surface area contributed by atoms with Crippen molar-refractivity contribution in [1.82, 2.24) is 4.31 Å². The van der Waals surface area contributed by atoms with Gasteiger partial charge in [0.05, 0.1) is 6.26 Å². The van der Waals surface area contributed by atoms with Crippen LogP contribution in [0.2, 0.25) is 0 Å². The third-order valence-electron chi connectivity index (χ3n) is 4.08. The summed E-state index contributed by atoms with van der Waals surface area (Å²) in [5.74, 6) is 0.466. The van der Waals surface area contributed by atoms with Gasteiger partial charge in [-0.05, 0) is 43.6 Å². The molecule has 108 valence electrons. The summed E-state index contributed by atoms with van der Waals surface area (Å²) in [4.78, 5) is 0. The van der Waals surface area contributed by atoms with Crippen molar-refractivity contribution >= 4 is 10.0 Å². The Morgan fingerprint density at radius 1 is 1.44 bits per heavy atom. The van der Waals surface area contributed by atoms with Crippen LogP contribution in [-0.2, 0) is 10.0 Å². The van der Waals surface area contributed by atoms with Gasteiger partial charge in [-0.15, -0.1) is 0 Å². The van der Waals surface area contributed by atoms with Crippen LogP contribution in [0.15, 0.2) is 0 Å². The molecule has 0 amide bonds. The molecule has 0 spiro atoms. The summed E-state index contributed by atoms with van der Waals surface area (Å²) in [5, 5.41) is 0. The molecule has 2 unspecified atom stereocenters. The van der Waals surface area contributed by atoms with Gasteiger partial charge in [-0.1, -0.05) is 20.3 Å². The van der Waals surface area contributed by atoms with Crippen LogP contribution < -0.4 is 5.73 Å². The smallest absolute Gasteiger partial charge is 0.211 e. The van der Waals surface area contributed by atoms with Gasteiger partial charge in [0, 0.05) is 13.1 Å². The Morgan fingerprint density at radius 2 is 2.11 bits per heavy atom. The lowest BCUT2D eigenvalue weighted by atomic mass is 9.76. The van der Waals surface area contributed by atoms with Crippen LogP contribution in [0.4, 0.5) is 0 Å². The Balaban J connectivity index is 2.62. The molecule has 0 radical (unpaired) electrons. The standard InChI is InChI=1S/C13H28N2O2S/c1-4-7-13(2,11-14)9-12-6-5-8-15(10-12)18(3,16)17/h12H,4-11,14H2,1-3H3. The molecule has 0 saturated carbocycles. The van der Waals surface area contributed by atoms with E-state index in [1.807, 2.05) is 0 Å². The van der Waals surface area contributed by atoms with Gasteiger partial charge in [0.2, 0.25) is 10.0 Å². The predicted octanol–water partition coefficient (Wildman–Crippen LogP) is 1.81. The van der Waals surface area contributed by atoms with Crippen LogP contribution >= 0.6 is 0 Å². The number of rotatable bonds is 6. The SMILES string of the molecule is CCCC(C)(CN)CC1CCCN(S(C)(=O)=O)C1. The fourth-order valence-electron chi connectivity index (χ4n) is 3.08. The van der Waals surface area contributed by atoms with Crippen LogP contribution in [0.25, 0.3) is 0 Å². The molecular formula is C13H28N2O2S. The summed E-state index contributed by atoms with van der Waals surface area (Å²) >= 11 is 0. The molecule has 5 heteroatoms. The Labute approximate surface area is 112 Å². The lowest BCUT2D eigenvalue weighted by Crippen LogP contribution is -2.41. The summed E-state index contributed by atoms with van der Waals surface area (Å²) in [5.41, 5.74) is 6.07. The second kappa shape index (κ2) is 6.35. The lowest BCUT2D eigenvalue weighted by molar-refractivity contribution is 0.172. The largest absolute Gasteiger partial charge is 0.330 e. The van der Waals surface area contributed by atoms with Gasteiger partial charge in [0.25, 0.3) is 0 Å². The molecule has 4 nitrogen and oxygen atoms in total. The fraction of sp³-hybridized carbons (Fsp3) is 1.00. The number of nitrogens with two attached hydrogens (primary N) is 1. The van der Waals surface area contributed by atoms with E-state index in [0.717, 1.165) is 32.1 Å². The molecule has 1 saturated heterocycles. The van der Waals surface area contributed by atoms with Crippen molar-refractivity contribution < 1.29 is 8.42 Å². The molecule has 2 N–H and O–H groups in total. The second-order valence-electron chi connectivity index (χ2n) is 6.10. The molecule has 18 heavy (non-hydrogen) atoms. The highest BCUT2D eigenvalue weighted by Gasteiger charge is 2.31. The van der Waals surface area contributed by atoms with Gasteiger partial charge in [-0.2, -0.15) is 0 Å². The van der Waals surface area contributed by atoms with Crippen LogP contribution in [0.5, 0.6) is 0 Å². The van der Waals surface area contributed by atoms with E-state index in [1.54, 1.807) is 4.31 Å². The summed E-state index contributed by atoms with van der Waals surface area (Å²) in [6.07, 6.45) is 6.72. The molecule has 1 fully saturated rings. The maximum absolute atomic E-state index is 11.6. The van der Waals surface area contributed by atoms with Gasteiger partial charge < -0.3 is 5.73 Å². The number of hydrogen-bond acceptors (Lipinski definition) is 3. The normalized spacial score (nSPS) is 25.9. The van der Waals surface area contributed by atoms with Crippen LogP contribution in [0.1, 0.15) is 46.0 Å². The molecular weight excluding hydrogens is 248 g/mol. The second-order valence-corrected chi connectivity index (χ2v) is 8.08. The van der Waals surface area contributed by atoms with E-state index in [4.69, 9.17) is 5.73 Å². The zero-order chi connectivity index (χ0) is 13.8. The van der Waals surface area contributed by atoms with Gasteiger partial charge in [-0.25, -0.2) is 12.7 Å². The van der Waals surface area contributed by atoms with E-state index in [1.165, 1.54) is 6.26 Å². The Hall–Kier alpha value is -0.130. The molecule has 0 bridgehead atoms. The Kier molecular flexibility index (Phi) is 5.62. The van der Waals surface area contributed by atoms with Gasteiger partial charge >= 0.3 is 0 Å². The molecule has 0 aliphatic carbocycles. The molecule has 1 aliphatic rings. The lowest BCUT2D eigenvalue weighted by Gasteiger charge is -2.37. The van der Waals surface area contributed by atoms with E-state index in [9.17, 15) is 8.42 Å². The fourth-order valence-corrected chi connectivity index (χ4v) is 4.02. The average Bonchev–Trinajstić information content (AvgIpc) is 2.28. The maximum atomic E-state index is 11.6. The van der Waals surface area contributed by atoms with Gasteiger partial charge in [0.1, 0.15) is 0 Å². The quantitative estimate of drug-likeness (QED) is 0.805. The zero-order valence-electron chi connectivity index (χ0n) is 12.0. The Bertz CT molecular complexity index is 356. The minimum atomic E-state index is -3.03. The van der Waals surface area contributed by atoms with Crippen molar-refractivity contribution in [2.24, 2.45) is 17.1 Å². The van der Waals surface area contributed by atoms with E-state index in [0.29, 0.717) is 25.6 Å². The van der Waals surface area contributed by atoms with Gasteiger partial charge in [0.15, 0.2) is 0 Å². The van der Waals surface area contributed by atoms with E-state index in [2.05, 4.69) is 13.8 Å². The first-order valence-electron chi connectivity index (χ1n) is 6.96. The topological polar surface area (TPSA) is 63.4 Å². The Morgan fingerprint density at radius 3 is 2.61 bits per heavy atom. The van der Waals surface area contributed by atoms with Crippen molar-refractivity contribution in [3.05, 3.63) is 0 Å². The van der Waals surface area contributed by atoms with Crippen molar-refractivity contribution in [2.75, 3.05) is 25.9 Å². The number of hydrogen-bond donors (Lipinski definition) is 1. The monoisotopic (exact) mass is 276 g/mol. The molecule has 0 aromatic heterocycles. The third kappa shape index (κ3) is 4.52. The van der Waals surface area contributed by atoms with Crippen molar-refractivity contribution in [3.8, 4) is 0 Å². The minimum absolute atomic E-state index is 0.167. The van der Waals surface area contributed by atoms with E-state index < -0.39 is 10.0 Å². The molecule has 0 aromatic rings. The summed E-state index contributed by atoms with van der Waals surface area (Å²) in [6.45, 7) is 6.46. The highest BCUT2D eigenvalue weighted by Crippen LogP contribution is 2.34. The van der Waals surface area contributed by atoms with Crippen molar-refractivity contribution in [3.63, 3.8) is 0 Å².